The first kappa shape index (κ1) is 48.6. The summed E-state index contributed by atoms with van der Waals surface area (Å²) in [4.78, 5) is 0. The number of hydrogen-bond donors (Lipinski definition) is 0. The van der Waals surface area contributed by atoms with Gasteiger partial charge in [0.15, 0.2) is 0 Å². The van der Waals surface area contributed by atoms with Crippen LogP contribution in [0.4, 0.5) is 105 Å². The fourth-order valence-electron chi connectivity index (χ4n) is 6.07. The van der Waals surface area contributed by atoms with Gasteiger partial charge < -0.3 is 0 Å². The molecule has 0 saturated carbocycles. The molecule has 0 aliphatic heterocycles. The van der Waals surface area contributed by atoms with Crippen molar-refractivity contribution in [3.05, 3.63) is 117 Å². The molecule has 0 fully saturated rings. The molecule has 0 aromatic heterocycles. The first-order valence-electron chi connectivity index (χ1n) is 14.6. The molecule has 0 amide bonds. The third-order valence-electron chi connectivity index (χ3n) is 8.44. The fraction of sp³-hybridized carbons (Fsp3) is 0.250. The van der Waals surface area contributed by atoms with Gasteiger partial charge in [-0.3, -0.25) is 0 Å². The molecule has 26 heteroatoms. The van der Waals surface area contributed by atoms with Crippen LogP contribution in [0.2, 0.25) is 0 Å². The number of rotatable bonds is 4. The van der Waals surface area contributed by atoms with E-state index in [1.54, 1.807) is 0 Å². The van der Waals surface area contributed by atoms with Crippen molar-refractivity contribution in [2.45, 2.75) is 49.4 Å². The van der Waals surface area contributed by atoms with Crippen molar-refractivity contribution in [1.82, 2.24) is 0 Å². The summed E-state index contributed by atoms with van der Waals surface area (Å²) < 4.78 is 341. The Kier molecular flexibility index (Phi) is 12.6. The monoisotopic (exact) mass is 887 g/mol. The third kappa shape index (κ3) is 10.2. The predicted octanol–water partition coefficient (Wildman–Crippen LogP) is 10.6. The maximum atomic E-state index is 14.2. The standard InChI is InChI=1S/C32H12BF24.Na.H/c34-25(35,36)13-1-14(26(37,38)39)6-21(5-13)33(22-7-15(27(40,41)42)2-16(8-22)28(43,44)45,23-9-17(29(46,47)48)3-18(10-23)30(49,50)51)24-11-19(31(52,53)54)4-20(12-24)32(55,56)57;;/h1-12H;;/q-1;;. The third-order valence-corrected chi connectivity index (χ3v) is 8.44. The number of benzene rings is 4. The number of alkyl halides is 24. The first-order chi connectivity index (χ1) is 25.3. The molecule has 0 heterocycles. The molecule has 0 N–H and O–H groups in total. The van der Waals surface area contributed by atoms with Gasteiger partial charge in [-0.15, -0.1) is 0 Å². The summed E-state index contributed by atoms with van der Waals surface area (Å²) in [6.07, 6.45) is -54.8. The molecular formula is C32H13BF24Na-. The van der Waals surface area contributed by atoms with Crippen LogP contribution in [0.15, 0.2) is 72.8 Å². The average Bonchev–Trinajstić information content (AvgIpc) is 3.01. The molecule has 4 aromatic carbocycles. The van der Waals surface area contributed by atoms with E-state index in [9.17, 15) is 105 Å². The Balaban J connectivity index is 0.00000900. The van der Waals surface area contributed by atoms with Crippen molar-refractivity contribution in [3.63, 3.8) is 0 Å². The molecule has 0 spiro atoms. The van der Waals surface area contributed by atoms with Gasteiger partial charge in [0.1, 0.15) is 6.15 Å². The van der Waals surface area contributed by atoms with Crippen LogP contribution in [0.3, 0.4) is 0 Å². The van der Waals surface area contributed by atoms with Crippen LogP contribution in [0.1, 0.15) is 44.5 Å². The Morgan fingerprint density at radius 3 is 0.397 bits per heavy atom. The van der Waals surface area contributed by atoms with E-state index in [1.807, 2.05) is 0 Å². The Morgan fingerprint density at radius 1 is 0.207 bits per heavy atom. The van der Waals surface area contributed by atoms with Crippen molar-refractivity contribution >= 4 is 57.6 Å². The van der Waals surface area contributed by atoms with Crippen LogP contribution in [-0.2, 0) is 49.4 Å². The maximum absolute atomic E-state index is 14.2. The van der Waals surface area contributed by atoms with Gasteiger partial charge in [0.05, 0.1) is 44.5 Å². The van der Waals surface area contributed by atoms with Crippen LogP contribution in [-0.4, -0.2) is 35.7 Å². The van der Waals surface area contributed by atoms with Gasteiger partial charge in [0.2, 0.25) is 0 Å². The summed E-state index contributed by atoms with van der Waals surface area (Å²) in [5.41, 5.74) is -30.2. The summed E-state index contributed by atoms with van der Waals surface area (Å²) in [6, 6.07) is -8.81. The van der Waals surface area contributed by atoms with Gasteiger partial charge in [0.25, 0.3) is 0 Å². The van der Waals surface area contributed by atoms with Crippen LogP contribution >= 0.6 is 0 Å². The molecule has 314 valence electrons. The fourth-order valence-corrected chi connectivity index (χ4v) is 6.07. The van der Waals surface area contributed by atoms with Crippen LogP contribution in [0, 0.1) is 0 Å². The van der Waals surface area contributed by atoms with Crippen LogP contribution < -0.4 is 21.9 Å². The summed E-state index contributed by atoms with van der Waals surface area (Å²) in [5, 5.41) is 0. The first-order valence-corrected chi connectivity index (χ1v) is 14.6. The minimum absolute atomic E-state index is 0. The van der Waals surface area contributed by atoms with Gasteiger partial charge in [0, 0.05) is 0 Å². The molecule has 4 rings (SSSR count). The summed E-state index contributed by atoms with van der Waals surface area (Å²) >= 11 is 0. The van der Waals surface area contributed by atoms with Crippen molar-refractivity contribution in [3.8, 4) is 0 Å². The van der Waals surface area contributed by atoms with E-state index in [-0.39, 0.29) is 29.6 Å². The van der Waals surface area contributed by atoms with Crippen molar-refractivity contribution < 1.29 is 105 Å². The van der Waals surface area contributed by atoms with E-state index >= 15 is 0 Å². The number of halogens is 24. The second-order valence-electron chi connectivity index (χ2n) is 12.2. The molecule has 0 aliphatic rings. The quantitative estimate of drug-likeness (QED) is 0.142. The normalized spacial score (nSPS) is 14.1. The summed E-state index contributed by atoms with van der Waals surface area (Å²) in [6.45, 7) is 0. The van der Waals surface area contributed by atoms with Gasteiger partial charge in [-0.25, -0.2) is 0 Å². The molecule has 0 radical (unpaired) electrons. The van der Waals surface area contributed by atoms with Gasteiger partial charge in [-0.1, -0.05) is 48.5 Å². The van der Waals surface area contributed by atoms with E-state index in [1.165, 1.54) is 0 Å². The SMILES string of the molecule is FC(F)(F)c1cc([B-](c2cc(C(F)(F)F)cc(C(F)(F)F)c2)(c2cc(C(F)(F)F)cc(C(F)(F)F)c2)c2cc(C(F)(F)F)cc(C(F)(F)F)c2)cc(C(F)(F)F)c1.[NaH]. The summed E-state index contributed by atoms with van der Waals surface area (Å²) in [7, 11) is 0. The van der Waals surface area contributed by atoms with Crippen molar-refractivity contribution in [2.75, 3.05) is 0 Å². The second kappa shape index (κ2) is 15.1. The molecular weight excluding hydrogens is 874 g/mol. The molecule has 0 nitrogen and oxygen atoms in total. The van der Waals surface area contributed by atoms with E-state index in [0.717, 1.165) is 0 Å². The zero-order valence-corrected chi connectivity index (χ0v) is 26.6. The Labute approximate surface area is 329 Å². The van der Waals surface area contributed by atoms with Crippen LogP contribution in [0.25, 0.3) is 0 Å². The molecule has 0 unspecified atom stereocenters. The van der Waals surface area contributed by atoms with Gasteiger partial charge in [-0.05, 0) is 24.3 Å². The van der Waals surface area contributed by atoms with E-state index < -0.39 is 195 Å². The van der Waals surface area contributed by atoms with E-state index in [4.69, 9.17) is 0 Å². The molecule has 58 heavy (non-hydrogen) atoms. The van der Waals surface area contributed by atoms with Gasteiger partial charge >= 0.3 is 79.0 Å². The van der Waals surface area contributed by atoms with Crippen molar-refractivity contribution in [2.24, 2.45) is 0 Å². The molecule has 0 atom stereocenters. The second-order valence-corrected chi connectivity index (χ2v) is 12.2. The molecule has 0 aliphatic carbocycles. The topological polar surface area (TPSA) is 0 Å². The Morgan fingerprint density at radius 2 is 0.310 bits per heavy atom. The minimum atomic E-state index is -6.13. The van der Waals surface area contributed by atoms with Crippen molar-refractivity contribution in [1.29, 1.82) is 0 Å². The molecule has 4 aromatic rings. The zero-order valence-electron chi connectivity index (χ0n) is 26.6. The Hall–Kier alpha value is -3.74. The zero-order chi connectivity index (χ0) is 43.9. The molecule has 0 saturated heterocycles. The van der Waals surface area contributed by atoms with Gasteiger partial charge in [-0.2, -0.15) is 127 Å². The Bertz CT molecular complexity index is 1700. The predicted molar refractivity (Wildman–Crippen MR) is 157 cm³/mol. The molecule has 0 bridgehead atoms. The summed E-state index contributed by atoms with van der Waals surface area (Å²) in [5.74, 6) is 0. The number of hydrogen-bond acceptors (Lipinski definition) is 0. The van der Waals surface area contributed by atoms with E-state index in [0.29, 0.717) is 0 Å². The van der Waals surface area contributed by atoms with E-state index in [2.05, 4.69) is 0 Å². The average molecular weight is 887 g/mol. The van der Waals surface area contributed by atoms with Crippen LogP contribution in [0.5, 0.6) is 0 Å².